The molecule has 0 atom stereocenters. The van der Waals surface area contributed by atoms with Crippen LogP contribution < -0.4 is 0 Å². The molecule has 10 aromatic carbocycles. The third kappa shape index (κ3) is 5.45. The van der Waals surface area contributed by atoms with Gasteiger partial charge < -0.3 is 8.98 Å². The second-order valence-electron chi connectivity index (χ2n) is 16.0. The van der Waals surface area contributed by atoms with E-state index in [1.54, 1.807) is 0 Å². The van der Waals surface area contributed by atoms with E-state index in [2.05, 4.69) is 180 Å². The molecule has 0 saturated heterocycles. The average molecular weight is 791 g/mol. The lowest BCUT2D eigenvalue weighted by Crippen LogP contribution is -2.02. The number of nitrogens with zero attached hydrogens (tertiary/aromatic N) is 4. The van der Waals surface area contributed by atoms with Crippen LogP contribution in [0.2, 0.25) is 0 Å². The van der Waals surface area contributed by atoms with Crippen LogP contribution in [0.3, 0.4) is 0 Å². The number of furan rings is 1. The number of benzene rings is 10. The summed E-state index contributed by atoms with van der Waals surface area (Å²) in [7, 11) is 0. The minimum atomic E-state index is 0.586. The molecule has 0 bridgehead atoms. The van der Waals surface area contributed by atoms with Crippen molar-refractivity contribution in [3.63, 3.8) is 0 Å². The molecule has 0 spiro atoms. The van der Waals surface area contributed by atoms with Gasteiger partial charge in [0.25, 0.3) is 0 Å². The Morgan fingerprint density at radius 2 is 0.871 bits per heavy atom. The highest BCUT2D eigenvalue weighted by atomic mass is 16.3. The van der Waals surface area contributed by atoms with E-state index in [4.69, 9.17) is 19.4 Å². The Kier molecular flexibility index (Phi) is 7.54. The molecule has 288 valence electrons. The Morgan fingerprint density at radius 3 is 1.68 bits per heavy atom. The lowest BCUT2D eigenvalue weighted by atomic mass is 9.99. The lowest BCUT2D eigenvalue weighted by Gasteiger charge is -2.15. The molecule has 0 aliphatic carbocycles. The average Bonchev–Trinajstić information content (AvgIpc) is 3.89. The van der Waals surface area contributed by atoms with Crippen molar-refractivity contribution in [2.45, 2.75) is 0 Å². The predicted octanol–water partition coefficient (Wildman–Crippen LogP) is 15.0. The Hall–Kier alpha value is -8.41. The van der Waals surface area contributed by atoms with Crippen molar-refractivity contribution in [3.8, 4) is 51.0 Å². The lowest BCUT2D eigenvalue weighted by molar-refractivity contribution is 0.669. The zero-order chi connectivity index (χ0) is 40.7. The summed E-state index contributed by atoms with van der Waals surface area (Å²) in [6.45, 7) is 0. The summed E-state index contributed by atoms with van der Waals surface area (Å²) in [5.41, 5.74) is 10.0. The second kappa shape index (κ2) is 13.6. The van der Waals surface area contributed by atoms with Crippen molar-refractivity contribution < 1.29 is 4.42 Å². The Bertz CT molecular complexity index is 3950. The van der Waals surface area contributed by atoms with Gasteiger partial charge in [-0.1, -0.05) is 152 Å². The van der Waals surface area contributed by atoms with E-state index in [1.165, 1.54) is 32.7 Å². The number of rotatable bonds is 5. The highest BCUT2D eigenvalue weighted by Gasteiger charge is 2.21. The summed E-state index contributed by atoms with van der Waals surface area (Å²) < 4.78 is 8.75. The van der Waals surface area contributed by atoms with Gasteiger partial charge in [0.05, 0.1) is 16.7 Å². The number of fused-ring (bicyclic) bond motifs is 9. The number of hydrogen-bond donors (Lipinski definition) is 0. The van der Waals surface area contributed by atoms with Gasteiger partial charge in [0, 0.05) is 43.6 Å². The van der Waals surface area contributed by atoms with Gasteiger partial charge in [0.15, 0.2) is 17.5 Å². The molecule has 0 radical (unpaired) electrons. The molecule has 13 rings (SSSR count). The number of para-hydroxylation sites is 2. The fraction of sp³-hybridized carbons (Fsp3) is 0. The molecule has 5 nitrogen and oxygen atoms in total. The van der Waals surface area contributed by atoms with E-state index in [0.29, 0.717) is 17.5 Å². The molecule has 3 heterocycles. The van der Waals surface area contributed by atoms with E-state index in [0.717, 1.165) is 76.9 Å². The van der Waals surface area contributed by atoms with Crippen LogP contribution in [-0.4, -0.2) is 19.5 Å². The standard InChI is InChI=1S/C57H34N4O/c1-3-14-37-30-39(26-24-35(37)12-1)40-28-29-50-48(33-40)45-18-7-9-21-49(45)61(50)51-34-43(32-41-16-5-6-17-44(41)51)56-58-55(42-27-25-36-13-2-4-15-38(36)31-42)59-57(60-56)47-20-11-23-53-54(47)46-19-8-10-22-52(46)62-53/h1-34H. The molecule has 3 aromatic heterocycles. The van der Waals surface area contributed by atoms with Gasteiger partial charge in [0.1, 0.15) is 11.2 Å². The maximum atomic E-state index is 6.34. The third-order valence-corrected chi connectivity index (χ3v) is 12.4. The Morgan fingerprint density at radius 1 is 0.323 bits per heavy atom. The molecule has 13 aromatic rings. The van der Waals surface area contributed by atoms with Crippen LogP contribution in [0, 0.1) is 0 Å². The molecule has 0 amide bonds. The summed E-state index contributed by atoms with van der Waals surface area (Å²) in [4.78, 5) is 15.9. The van der Waals surface area contributed by atoms with Crippen LogP contribution in [-0.2, 0) is 0 Å². The molecule has 0 N–H and O–H groups in total. The quantitative estimate of drug-likeness (QED) is 0.174. The minimum Gasteiger partial charge on any atom is -0.456 e. The molecule has 0 saturated carbocycles. The highest BCUT2D eigenvalue weighted by Crippen LogP contribution is 2.41. The summed E-state index contributed by atoms with van der Waals surface area (Å²) in [5.74, 6) is 1.78. The van der Waals surface area contributed by atoms with Gasteiger partial charge in [-0.05, 0) is 92.7 Å². The van der Waals surface area contributed by atoms with E-state index < -0.39 is 0 Å². The summed E-state index contributed by atoms with van der Waals surface area (Å²) >= 11 is 0. The van der Waals surface area contributed by atoms with Gasteiger partial charge >= 0.3 is 0 Å². The zero-order valence-corrected chi connectivity index (χ0v) is 33.3. The van der Waals surface area contributed by atoms with Crippen LogP contribution in [0.25, 0.3) is 127 Å². The molecular formula is C57H34N4O. The maximum absolute atomic E-state index is 6.34. The molecule has 0 aliphatic heterocycles. The van der Waals surface area contributed by atoms with Crippen molar-refractivity contribution in [2.24, 2.45) is 0 Å². The number of aromatic nitrogens is 4. The fourth-order valence-electron chi connectivity index (χ4n) is 9.43. The monoisotopic (exact) mass is 790 g/mol. The fourth-order valence-corrected chi connectivity index (χ4v) is 9.43. The van der Waals surface area contributed by atoms with Crippen molar-refractivity contribution in [2.75, 3.05) is 0 Å². The molecule has 5 heteroatoms. The van der Waals surface area contributed by atoms with Crippen LogP contribution in [0.5, 0.6) is 0 Å². The first-order valence-electron chi connectivity index (χ1n) is 20.9. The summed E-state index contributed by atoms with van der Waals surface area (Å²) in [6.07, 6.45) is 0. The normalized spacial score (nSPS) is 11.9. The molecular weight excluding hydrogens is 757 g/mol. The van der Waals surface area contributed by atoms with Crippen LogP contribution in [0.1, 0.15) is 0 Å². The van der Waals surface area contributed by atoms with Crippen LogP contribution >= 0.6 is 0 Å². The second-order valence-corrected chi connectivity index (χ2v) is 16.0. The molecule has 0 fully saturated rings. The van der Waals surface area contributed by atoms with Gasteiger partial charge in [0.2, 0.25) is 0 Å². The smallest absolute Gasteiger partial charge is 0.164 e. The first-order chi connectivity index (χ1) is 30.7. The summed E-state index contributed by atoms with van der Waals surface area (Å²) in [5, 5.41) is 11.4. The minimum absolute atomic E-state index is 0.586. The van der Waals surface area contributed by atoms with Crippen LogP contribution in [0.4, 0.5) is 0 Å². The first kappa shape index (κ1) is 34.5. The SMILES string of the molecule is c1ccc2cc(-c3ccc4c(c3)c3ccccc3n4-c3cc(-c4nc(-c5ccc6ccccc6c5)nc(-c5cccc6oc7ccccc7c56)n4)cc4ccccc34)ccc2c1. The van der Waals surface area contributed by atoms with Gasteiger partial charge in [-0.15, -0.1) is 0 Å². The maximum Gasteiger partial charge on any atom is 0.164 e. The largest absolute Gasteiger partial charge is 0.456 e. The molecule has 62 heavy (non-hydrogen) atoms. The Balaban J connectivity index is 1.05. The predicted molar refractivity (Wildman–Crippen MR) is 256 cm³/mol. The topological polar surface area (TPSA) is 56.7 Å². The van der Waals surface area contributed by atoms with Crippen molar-refractivity contribution in [1.82, 2.24) is 19.5 Å². The van der Waals surface area contributed by atoms with E-state index >= 15 is 0 Å². The van der Waals surface area contributed by atoms with Gasteiger partial charge in [-0.3, -0.25) is 0 Å². The van der Waals surface area contributed by atoms with E-state index in [9.17, 15) is 0 Å². The third-order valence-electron chi connectivity index (χ3n) is 12.4. The first-order valence-corrected chi connectivity index (χ1v) is 20.9. The summed E-state index contributed by atoms with van der Waals surface area (Å²) in [6, 6.07) is 73.0. The molecule has 0 aliphatic rings. The van der Waals surface area contributed by atoms with E-state index in [1.807, 2.05) is 30.3 Å². The molecule has 0 unspecified atom stereocenters. The number of hydrogen-bond acceptors (Lipinski definition) is 4. The Labute approximate surface area is 355 Å². The van der Waals surface area contributed by atoms with Crippen molar-refractivity contribution in [3.05, 3.63) is 206 Å². The zero-order valence-electron chi connectivity index (χ0n) is 33.3. The van der Waals surface area contributed by atoms with Crippen molar-refractivity contribution in [1.29, 1.82) is 0 Å². The van der Waals surface area contributed by atoms with Crippen LogP contribution in [0.15, 0.2) is 211 Å². The highest BCUT2D eigenvalue weighted by molar-refractivity contribution is 6.13. The van der Waals surface area contributed by atoms with E-state index in [-0.39, 0.29) is 0 Å². The van der Waals surface area contributed by atoms with Crippen molar-refractivity contribution >= 4 is 76.1 Å². The van der Waals surface area contributed by atoms with Gasteiger partial charge in [-0.2, -0.15) is 0 Å². The van der Waals surface area contributed by atoms with Gasteiger partial charge in [-0.25, -0.2) is 15.0 Å².